The number of rotatable bonds is 8. The van der Waals surface area contributed by atoms with Crippen molar-refractivity contribution in [2.24, 2.45) is 0 Å². The van der Waals surface area contributed by atoms with E-state index in [9.17, 15) is 18.3 Å². The number of aryl methyl sites for hydroxylation is 1. The van der Waals surface area contributed by atoms with Crippen LogP contribution in [-0.4, -0.2) is 41.6 Å². The van der Waals surface area contributed by atoms with Crippen LogP contribution < -0.4 is 4.74 Å². The SMILES string of the molecule is COCc1c(C(=O)O)nc(C(C)C)c2[nH]c3ccc(Oc4ccc(S(=O)(=O)c5ccc(C)cc5)nc4)cc3c12. The van der Waals surface area contributed by atoms with E-state index >= 15 is 0 Å². The van der Waals surface area contributed by atoms with E-state index in [1.165, 1.54) is 19.4 Å². The number of hydrogen-bond donors (Lipinski definition) is 2. The Hall–Kier alpha value is -4.28. The lowest BCUT2D eigenvalue weighted by Crippen LogP contribution is -2.10. The molecule has 0 unspecified atom stereocenters. The molecule has 39 heavy (non-hydrogen) atoms. The van der Waals surface area contributed by atoms with Gasteiger partial charge in [0, 0.05) is 29.0 Å². The number of aromatic nitrogens is 3. The lowest BCUT2D eigenvalue weighted by molar-refractivity contribution is 0.0685. The third-order valence-corrected chi connectivity index (χ3v) is 8.12. The van der Waals surface area contributed by atoms with Crippen molar-refractivity contribution in [2.45, 2.75) is 43.2 Å². The highest BCUT2D eigenvalue weighted by molar-refractivity contribution is 7.91. The van der Waals surface area contributed by atoms with E-state index in [0.717, 1.165) is 22.0 Å². The number of aromatic amines is 1. The predicted octanol–water partition coefficient (Wildman–Crippen LogP) is 6.01. The van der Waals surface area contributed by atoms with E-state index in [0.29, 0.717) is 28.1 Å². The standard InChI is InChI=1S/C29H27N3O6S/c1-16(2)26-28-25(22(15-37-4)27(32-26)29(33)34)21-13-18(7-11-23(21)31-28)38-19-8-12-24(30-14-19)39(35,36)20-9-5-17(3)6-10-20/h5-14,16,31H,15H2,1-4H3,(H,33,34). The number of pyridine rings is 2. The fourth-order valence-corrected chi connectivity index (χ4v) is 5.72. The molecule has 5 rings (SSSR count). The first-order valence-electron chi connectivity index (χ1n) is 12.3. The van der Waals surface area contributed by atoms with Crippen molar-refractivity contribution in [3.63, 3.8) is 0 Å². The van der Waals surface area contributed by atoms with Crippen molar-refractivity contribution in [2.75, 3.05) is 7.11 Å². The fourth-order valence-electron chi connectivity index (χ4n) is 4.54. The van der Waals surface area contributed by atoms with E-state index in [4.69, 9.17) is 9.47 Å². The van der Waals surface area contributed by atoms with Crippen LogP contribution in [0, 0.1) is 6.92 Å². The summed E-state index contributed by atoms with van der Waals surface area (Å²) < 4.78 is 37.2. The van der Waals surface area contributed by atoms with Crippen molar-refractivity contribution >= 4 is 37.6 Å². The van der Waals surface area contributed by atoms with Gasteiger partial charge in [-0.3, -0.25) is 0 Å². The number of H-pyrrole nitrogens is 1. The van der Waals surface area contributed by atoms with Crippen molar-refractivity contribution in [3.05, 3.63) is 83.3 Å². The quantitative estimate of drug-likeness (QED) is 0.242. The average molecular weight is 546 g/mol. The molecular formula is C29H27N3O6S. The Morgan fingerprint density at radius 2 is 1.77 bits per heavy atom. The Bertz CT molecular complexity index is 1810. The van der Waals surface area contributed by atoms with Crippen molar-refractivity contribution < 1.29 is 27.8 Å². The molecule has 0 atom stereocenters. The van der Waals surface area contributed by atoms with Crippen LogP contribution in [0.25, 0.3) is 21.8 Å². The van der Waals surface area contributed by atoms with Gasteiger partial charge >= 0.3 is 5.97 Å². The van der Waals surface area contributed by atoms with E-state index < -0.39 is 15.8 Å². The summed E-state index contributed by atoms with van der Waals surface area (Å²) >= 11 is 0. The summed E-state index contributed by atoms with van der Waals surface area (Å²) in [5.74, 6) is -0.321. The molecule has 5 aromatic rings. The summed E-state index contributed by atoms with van der Waals surface area (Å²) in [6.07, 6.45) is 1.36. The molecule has 2 N–H and O–H groups in total. The van der Waals surface area contributed by atoms with Crippen LogP contribution >= 0.6 is 0 Å². The first kappa shape index (κ1) is 26.3. The first-order valence-corrected chi connectivity index (χ1v) is 13.7. The number of carbonyl (C=O) groups is 1. The van der Waals surface area contributed by atoms with Crippen LogP contribution in [0.2, 0.25) is 0 Å². The highest BCUT2D eigenvalue weighted by Gasteiger charge is 2.24. The van der Waals surface area contributed by atoms with Gasteiger partial charge in [0.1, 0.15) is 11.5 Å². The van der Waals surface area contributed by atoms with Crippen LogP contribution in [0.15, 0.2) is 70.7 Å². The number of carboxylic acid groups (broad SMARTS) is 1. The number of aromatic carboxylic acids is 1. The molecule has 0 fully saturated rings. The van der Waals surface area contributed by atoms with Crippen molar-refractivity contribution in [1.82, 2.24) is 15.0 Å². The summed E-state index contributed by atoms with van der Waals surface area (Å²) in [5.41, 5.74) is 3.58. The Morgan fingerprint density at radius 1 is 1.05 bits per heavy atom. The van der Waals surface area contributed by atoms with E-state index in [1.807, 2.05) is 26.8 Å². The molecule has 0 aliphatic rings. The molecule has 200 valence electrons. The molecule has 3 heterocycles. The van der Waals surface area contributed by atoms with Crippen LogP contribution in [0.3, 0.4) is 0 Å². The third-order valence-electron chi connectivity index (χ3n) is 6.44. The van der Waals surface area contributed by atoms with Gasteiger partial charge in [0.05, 0.1) is 28.9 Å². The van der Waals surface area contributed by atoms with E-state index in [-0.39, 0.29) is 28.1 Å². The van der Waals surface area contributed by atoms with Crippen LogP contribution in [0.4, 0.5) is 0 Å². The number of hydrogen-bond acceptors (Lipinski definition) is 7. The second kappa shape index (κ2) is 10.1. The predicted molar refractivity (Wildman–Crippen MR) is 146 cm³/mol. The summed E-state index contributed by atoms with van der Waals surface area (Å²) in [4.78, 5) is 24.2. The zero-order valence-corrected chi connectivity index (χ0v) is 22.7. The largest absolute Gasteiger partial charge is 0.477 e. The number of nitrogens with one attached hydrogen (secondary N) is 1. The molecule has 0 spiro atoms. The Morgan fingerprint density at radius 3 is 2.38 bits per heavy atom. The smallest absolute Gasteiger partial charge is 0.354 e. The van der Waals surface area contributed by atoms with E-state index in [1.54, 1.807) is 42.5 Å². The van der Waals surface area contributed by atoms with Gasteiger partial charge in [-0.05, 0) is 55.3 Å². The molecule has 0 bridgehead atoms. The second-order valence-electron chi connectivity index (χ2n) is 9.55. The lowest BCUT2D eigenvalue weighted by atomic mass is 10.00. The third kappa shape index (κ3) is 4.84. The average Bonchev–Trinajstić information content (AvgIpc) is 3.28. The molecule has 0 radical (unpaired) electrons. The highest BCUT2D eigenvalue weighted by Crippen LogP contribution is 2.37. The minimum Gasteiger partial charge on any atom is -0.477 e. The maximum Gasteiger partial charge on any atom is 0.354 e. The number of nitrogens with zero attached hydrogens (tertiary/aromatic N) is 2. The maximum atomic E-state index is 12.9. The number of ether oxygens (including phenoxy) is 2. The molecule has 10 heteroatoms. The van der Waals surface area contributed by atoms with Gasteiger partial charge < -0.3 is 19.6 Å². The zero-order chi connectivity index (χ0) is 27.9. The number of carboxylic acids is 1. The number of methoxy groups -OCH3 is 1. The normalized spacial score (nSPS) is 11.9. The van der Waals surface area contributed by atoms with Gasteiger partial charge in [0.25, 0.3) is 0 Å². The monoisotopic (exact) mass is 545 g/mol. The Balaban J connectivity index is 1.55. The number of fused-ring (bicyclic) bond motifs is 3. The van der Waals surface area contributed by atoms with Gasteiger partial charge in [-0.2, -0.15) is 0 Å². The van der Waals surface area contributed by atoms with Gasteiger partial charge in [-0.1, -0.05) is 31.5 Å². The lowest BCUT2D eigenvalue weighted by Gasteiger charge is -2.13. The fraction of sp³-hybridized carbons (Fsp3) is 0.207. The molecule has 9 nitrogen and oxygen atoms in total. The van der Waals surface area contributed by atoms with Crippen molar-refractivity contribution in [1.29, 1.82) is 0 Å². The van der Waals surface area contributed by atoms with Gasteiger partial charge in [-0.25, -0.2) is 23.2 Å². The molecule has 0 aliphatic carbocycles. The van der Waals surface area contributed by atoms with E-state index in [2.05, 4.69) is 15.0 Å². The van der Waals surface area contributed by atoms with Crippen LogP contribution in [-0.2, 0) is 21.2 Å². The summed E-state index contributed by atoms with van der Waals surface area (Å²) in [6, 6.07) is 15.0. The zero-order valence-electron chi connectivity index (χ0n) is 21.8. The molecule has 3 aromatic heterocycles. The van der Waals surface area contributed by atoms with Gasteiger partial charge in [0.2, 0.25) is 9.84 Å². The summed E-state index contributed by atoms with van der Waals surface area (Å²) in [6.45, 7) is 5.87. The topological polar surface area (TPSA) is 131 Å². The molecule has 0 amide bonds. The molecule has 0 saturated heterocycles. The van der Waals surface area contributed by atoms with Gasteiger partial charge in [0.15, 0.2) is 10.7 Å². The van der Waals surface area contributed by atoms with Crippen LogP contribution in [0.5, 0.6) is 11.5 Å². The first-order chi connectivity index (χ1) is 18.6. The second-order valence-corrected chi connectivity index (χ2v) is 11.4. The summed E-state index contributed by atoms with van der Waals surface area (Å²) in [7, 11) is -2.25. The number of sulfone groups is 1. The minimum absolute atomic E-state index is 0.0215. The van der Waals surface area contributed by atoms with Gasteiger partial charge in [-0.15, -0.1) is 0 Å². The Labute approximate surface area is 225 Å². The molecule has 0 aliphatic heterocycles. The maximum absolute atomic E-state index is 12.9. The molecular weight excluding hydrogens is 518 g/mol. The Kier molecular flexibility index (Phi) is 6.83. The minimum atomic E-state index is -3.76. The molecule has 2 aromatic carbocycles. The number of benzene rings is 2. The van der Waals surface area contributed by atoms with Crippen molar-refractivity contribution in [3.8, 4) is 11.5 Å². The molecule has 0 saturated carbocycles. The highest BCUT2D eigenvalue weighted by atomic mass is 32.2. The van der Waals surface area contributed by atoms with Crippen LogP contribution in [0.1, 0.15) is 47.1 Å². The summed E-state index contributed by atoms with van der Waals surface area (Å²) in [5, 5.41) is 11.3.